The summed E-state index contributed by atoms with van der Waals surface area (Å²) in [7, 11) is 1.84. The molecule has 2 aliphatic rings. The highest BCUT2D eigenvalue weighted by Crippen LogP contribution is 2.37. The Bertz CT molecular complexity index is 1130. The lowest BCUT2D eigenvalue weighted by molar-refractivity contribution is -0.117. The van der Waals surface area contributed by atoms with Crippen molar-refractivity contribution in [2.75, 3.05) is 11.4 Å². The highest BCUT2D eigenvalue weighted by molar-refractivity contribution is 6.34. The Kier molecular flexibility index (Phi) is 3.24. The molecule has 1 saturated carbocycles. The molecule has 0 radical (unpaired) electrons. The number of benzene rings is 1. The molecular formula is C18H16ClN5O2. The van der Waals surface area contributed by atoms with Gasteiger partial charge in [0.25, 0.3) is 5.56 Å². The Labute approximate surface area is 153 Å². The van der Waals surface area contributed by atoms with Gasteiger partial charge in [-0.25, -0.2) is 0 Å². The fourth-order valence-electron chi connectivity index (χ4n) is 3.49. The van der Waals surface area contributed by atoms with Crippen LogP contribution in [0.2, 0.25) is 5.02 Å². The van der Waals surface area contributed by atoms with Crippen LogP contribution in [-0.2, 0) is 18.3 Å². The quantitative estimate of drug-likeness (QED) is 0.708. The van der Waals surface area contributed by atoms with Crippen LogP contribution in [-0.4, -0.2) is 32.0 Å². The van der Waals surface area contributed by atoms with Crippen LogP contribution in [0.4, 0.5) is 5.69 Å². The van der Waals surface area contributed by atoms with Crippen molar-refractivity contribution in [2.24, 2.45) is 13.0 Å². The van der Waals surface area contributed by atoms with Gasteiger partial charge in [-0.05, 0) is 37.0 Å². The Hall–Kier alpha value is -2.67. The number of amides is 1. The van der Waals surface area contributed by atoms with E-state index in [1.54, 1.807) is 15.6 Å². The van der Waals surface area contributed by atoms with Crippen molar-refractivity contribution >= 4 is 34.1 Å². The number of aryl methyl sites for hydroxylation is 1. The first kappa shape index (κ1) is 15.6. The molecule has 0 saturated heterocycles. The summed E-state index contributed by atoms with van der Waals surface area (Å²) in [6, 6.07) is 5.47. The van der Waals surface area contributed by atoms with Crippen molar-refractivity contribution in [1.29, 1.82) is 0 Å². The average molecular weight is 370 g/mol. The van der Waals surface area contributed by atoms with Gasteiger partial charge in [0.05, 0.1) is 29.0 Å². The maximum absolute atomic E-state index is 12.8. The molecule has 3 aromatic rings. The second kappa shape index (κ2) is 5.41. The van der Waals surface area contributed by atoms with Crippen LogP contribution in [0.25, 0.3) is 16.6 Å². The average Bonchev–Trinajstić information content (AvgIpc) is 3.26. The Morgan fingerprint density at radius 1 is 1.23 bits per heavy atom. The van der Waals surface area contributed by atoms with E-state index < -0.39 is 5.56 Å². The summed E-state index contributed by atoms with van der Waals surface area (Å²) in [5, 5.41) is 9.75. The molecule has 7 nitrogen and oxygen atoms in total. The Morgan fingerprint density at radius 2 is 2.04 bits per heavy atom. The number of hydrogen-bond donors (Lipinski definition) is 0. The van der Waals surface area contributed by atoms with Gasteiger partial charge in [-0.3, -0.25) is 14.3 Å². The van der Waals surface area contributed by atoms with Crippen LogP contribution in [0.1, 0.15) is 18.5 Å². The molecule has 132 valence electrons. The molecule has 0 bridgehead atoms. The van der Waals surface area contributed by atoms with Crippen LogP contribution in [0.15, 0.2) is 29.2 Å². The van der Waals surface area contributed by atoms with Crippen LogP contribution in [0, 0.1) is 5.92 Å². The van der Waals surface area contributed by atoms with Gasteiger partial charge in [-0.15, -0.1) is 0 Å². The first-order chi connectivity index (χ1) is 12.5. The second-order valence-corrected chi connectivity index (χ2v) is 7.37. The highest BCUT2D eigenvalue weighted by atomic mass is 35.5. The van der Waals surface area contributed by atoms with Gasteiger partial charge in [-0.1, -0.05) is 11.6 Å². The number of anilines is 1. The maximum Gasteiger partial charge on any atom is 0.292 e. The molecule has 1 aliphatic carbocycles. The number of carbonyl (C=O) groups excluding carboxylic acids is 1. The minimum absolute atomic E-state index is 0.0406. The zero-order valence-corrected chi connectivity index (χ0v) is 14.9. The predicted octanol–water partition coefficient (Wildman–Crippen LogP) is 2.07. The zero-order valence-electron chi connectivity index (χ0n) is 14.1. The van der Waals surface area contributed by atoms with Crippen molar-refractivity contribution in [3.8, 4) is 5.69 Å². The second-order valence-electron chi connectivity index (χ2n) is 7.00. The van der Waals surface area contributed by atoms with Gasteiger partial charge in [0.2, 0.25) is 5.91 Å². The van der Waals surface area contributed by atoms with E-state index in [1.165, 1.54) is 4.68 Å². The van der Waals surface area contributed by atoms with Crippen LogP contribution < -0.4 is 10.5 Å². The SMILES string of the molecule is Cn1cc2cc(-n3nc4c(c(Cl)c3=O)N(CC3CC3)C(=O)C4)ccc2n1. The number of halogens is 1. The summed E-state index contributed by atoms with van der Waals surface area (Å²) < 4.78 is 3.00. The molecule has 2 aromatic heterocycles. The van der Waals surface area contributed by atoms with Crippen LogP contribution >= 0.6 is 11.6 Å². The third-order valence-corrected chi connectivity index (χ3v) is 5.30. The lowest BCUT2D eigenvalue weighted by Gasteiger charge is -2.18. The maximum atomic E-state index is 12.8. The van der Waals surface area contributed by atoms with Gasteiger partial charge >= 0.3 is 0 Å². The molecule has 1 aliphatic heterocycles. The zero-order chi connectivity index (χ0) is 18.0. The van der Waals surface area contributed by atoms with Crippen molar-refractivity contribution in [2.45, 2.75) is 19.3 Å². The molecule has 1 amide bonds. The van der Waals surface area contributed by atoms with Crippen molar-refractivity contribution in [3.05, 3.63) is 45.5 Å². The third-order valence-electron chi connectivity index (χ3n) is 4.96. The summed E-state index contributed by atoms with van der Waals surface area (Å²) in [6.07, 6.45) is 4.29. The fraction of sp³-hybridized carbons (Fsp3) is 0.333. The number of aromatic nitrogens is 4. The molecule has 0 spiro atoms. The van der Waals surface area contributed by atoms with E-state index >= 15 is 0 Å². The Balaban J connectivity index is 1.64. The molecule has 0 N–H and O–H groups in total. The molecule has 8 heteroatoms. The van der Waals surface area contributed by atoms with E-state index in [0.29, 0.717) is 29.5 Å². The van der Waals surface area contributed by atoms with Gasteiger partial charge in [0, 0.05) is 25.2 Å². The largest absolute Gasteiger partial charge is 0.308 e. The monoisotopic (exact) mass is 369 g/mol. The highest BCUT2D eigenvalue weighted by Gasteiger charge is 2.37. The molecule has 0 atom stereocenters. The number of hydrogen-bond acceptors (Lipinski definition) is 4. The van der Waals surface area contributed by atoms with E-state index in [0.717, 1.165) is 23.7 Å². The predicted molar refractivity (Wildman–Crippen MR) is 97.9 cm³/mol. The van der Waals surface area contributed by atoms with E-state index in [-0.39, 0.29) is 17.4 Å². The minimum atomic E-state index is -0.413. The van der Waals surface area contributed by atoms with E-state index in [9.17, 15) is 9.59 Å². The molecule has 0 unspecified atom stereocenters. The summed E-state index contributed by atoms with van der Waals surface area (Å²) in [5.41, 5.74) is 2.08. The van der Waals surface area contributed by atoms with E-state index in [2.05, 4.69) is 10.2 Å². The van der Waals surface area contributed by atoms with E-state index in [1.807, 2.05) is 25.4 Å². The molecular weight excluding hydrogens is 354 g/mol. The number of rotatable bonds is 3. The van der Waals surface area contributed by atoms with Crippen LogP contribution in [0.3, 0.4) is 0 Å². The summed E-state index contributed by atoms with van der Waals surface area (Å²) in [6.45, 7) is 0.623. The topological polar surface area (TPSA) is 73.0 Å². The number of nitrogens with zero attached hydrogens (tertiary/aromatic N) is 5. The van der Waals surface area contributed by atoms with Crippen molar-refractivity contribution in [1.82, 2.24) is 19.6 Å². The lowest BCUT2D eigenvalue weighted by Crippen LogP contribution is -2.30. The summed E-state index contributed by atoms with van der Waals surface area (Å²) >= 11 is 6.40. The smallest absolute Gasteiger partial charge is 0.292 e. The number of fused-ring (bicyclic) bond motifs is 2. The first-order valence-electron chi connectivity index (χ1n) is 8.57. The van der Waals surface area contributed by atoms with Crippen molar-refractivity contribution < 1.29 is 4.79 Å². The summed E-state index contributed by atoms with van der Waals surface area (Å²) in [5.74, 6) is 0.470. The first-order valence-corrected chi connectivity index (χ1v) is 8.95. The van der Waals surface area contributed by atoms with Crippen LogP contribution in [0.5, 0.6) is 0 Å². The molecule has 1 fully saturated rings. The molecule has 3 heterocycles. The normalized spacial score (nSPS) is 16.5. The standard InChI is InChI=1S/C18H16ClN5O2/c1-22-9-11-6-12(4-5-13(11)20-22)24-18(26)16(19)17-14(21-24)7-15(25)23(17)8-10-2-3-10/h4-6,9-10H,2-3,7-8H2,1H3. The molecule has 5 rings (SSSR count). The molecule has 26 heavy (non-hydrogen) atoms. The number of carbonyl (C=O) groups is 1. The fourth-order valence-corrected chi connectivity index (χ4v) is 3.78. The minimum Gasteiger partial charge on any atom is -0.308 e. The van der Waals surface area contributed by atoms with Gasteiger partial charge in [0.15, 0.2) is 0 Å². The lowest BCUT2D eigenvalue weighted by atomic mass is 10.2. The van der Waals surface area contributed by atoms with Gasteiger partial charge in [-0.2, -0.15) is 14.9 Å². The molecule has 1 aromatic carbocycles. The summed E-state index contributed by atoms with van der Waals surface area (Å²) in [4.78, 5) is 26.9. The Morgan fingerprint density at radius 3 is 2.81 bits per heavy atom. The van der Waals surface area contributed by atoms with Gasteiger partial charge in [0.1, 0.15) is 5.02 Å². The third kappa shape index (κ3) is 2.34. The van der Waals surface area contributed by atoms with Crippen molar-refractivity contribution in [3.63, 3.8) is 0 Å². The van der Waals surface area contributed by atoms with Gasteiger partial charge < -0.3 is 4.90 Å². The van der Waals surface area contributed by atoms with E-state index in [4.69, 9.17) is 11.6 Å².